The van der Waals surface area contributed by atoms with Gasteiger partial charge in [0, 0.05) is 35.3 Å². The van der Waals surface area contributed by atoms with Crippen LogP contribution >= 0.6 is 0 Å². The van der Waals surface area contributed by atoms with Crippen molar-refractivity contribution in [3.8, 4) is 22.9 Å². The molecule has 1 aromatic carbocycles. The molecule has 4 rings (SSSR count). The van der Waals surface area contributed by atoms with Crippen LogP contribution in [-0.2, 0) is 0 Å². The molecule has 0 bridgehead atoms. The number of nitrogens with zero attached hydrogens (tertiary/aromatic N) is 4. The summed E-state index contributed by atoms with van der Waals surface area (Å²) >= 11 is 0. The molecule has 1 fully saturated rings. The molecule has 1 saturated carbocycles. The summed E-state index contributed by atoms with van der Waals surface area (Å²) in [5.41, 5.74) is 12.9. The maximum Gasteiger partial charge on any atom is 0.323 e. The lowest BCUT2D eigenvalue weighted by Crippen LogP contribution is -2.08. The first kappa shape index (κ1) is 18.1. The molecule has 1 aliphatic carbocycles. The van der Waals surface area contributed by atoms with Crippen LogP contribution in [0.15, 0.2) is 36.8 Å². The number of anilines is 2. The molecule has 7 nitrogen and oxygen atoms in total. The number of aromatic nitrogens is 4. The SMILES string of the molecule is Nc1ccnc(Oc2c(C3CCCCC3)ccc(-c3cnc(N)nc3)c2F)n1. The Bertz CT molecular complexity index is 973. The molecule has 28 heavy (non-hydrogen) atoms. The second-order valence-electron chi connectivity index (χ2n) is 6.88. The fraction of sp³-hybridized carbons (Fsp3) is 0.300. The number of hydrogen-bond acceptors (Lipinski definition) is 7. The molecule has 144 valence electrons. The summed E-state index contributed by atoms with van der Waals surface area (Å²) in [4.78, 5) is 16.0. The highest BCUT2D eigenvalue weighted by atomic mass is 19.1. The van der Waals surface area contributed by atoms with Gasteiger partial charge in [0.15, 0.2) is 11.6 Å². The Balaban J connectivity index is 1.80. The maximum atomic E-state index is 15.6. The molecule has 1 aliphatic rings. The van der Waals surface area contributed by atoms with Crippen molar-refractivity contribution in [3.05, 3.63) is 48.2 Å². The topological polar surface area (TPSA) is 113 Å². The number of halogens is 1. The Labute approximate surface area is 162 Å². The van der Waals surface area contributed by atoms with E-state index in [1.54, 1.807) is 12.1 Å². The molecule has 2 aromatic heterocycles. The van der Waals surface area contributed by atoms with E-state index >= 15 is 4.39 Å². The maximum absolute atomic E-state index is 15.6. The first-order chi connectivity index (χ1) is 13.6. The predicted molar refractivity (Wildman–Crippen MR) is 104 cm³/mol. The van der Waals surface area contributed by atoms with Gasteiger partial charge in [0.05, 0.1) is 0 Å². The quantitative estimate of drug-likeness (QED) is 0.701. The zero-order valence-corrected chi connectivity index (χ0v) is 15.3. The molecule has 0 saturated heterocycles. The van der Waals surface area contributed by atoms with Crippen molar-refractivity contribution < 1.29 is 9.13 Å². The fourth-order valence-electron chi connectivity index (χ4n) is 3.60. The number of nitrogen functional groups attached to an aromatic ring is 2. The molecule has 0 radical (unpaired) electrons. The highest BCUT2D eigenvalue weighted by molar-refractivity contribution is 5.66. The number of ether oxygens (including phenoxy) is 1. The Kier molecular flexibility index (Phi) is 5.01. The smallest absolute Gasteiger partial charge is 0.323 e. The second kappa shape index (κ2) is 7.75. The van der Waals surface area contributed by atoms with Crippen LogP contribution in [-0.4, -0.2) is 19.9 Å². The van der Waals surface area contributed by atoms with Crippen molar-refractivity contribution in [1.29, 1.82) is 0 Å². The zero-order chi connectivity index (χ0) is 19.5. The molecule has 2 heterocycles. The van der Waals surface area contributed by atoms with E-state index in [1.165, 1.54) is 25.0 Å². The monoisotopic (exact) mass is 380 g/mol. The van der Waals surface area contributed by atoms with E-state index in [1.807, 2.05) is 6.07 Å². The summed E-state index contributed by atoms with van der Waals surface area (Å²) in [6.45, 7) is 0. The minimum Gasteiger partial charge on any atom is -0.421 e. The molecule has 3 aromatic rings. The van der Waals surface area contributed by atoms with Gasteiger partial charge in [0.25, 0.3) is 0 Å². The van der Waals surface area contributed by atoms with Gasteiger partial charge in [0.1, 0.15) is 5.82 Å². The van der Waals surface area contributed by atoms with Crippen molar-refractivity contribution in [1.82, 2.24) is 19.9 Å². The van der Waals surface area contributed by atoms with Crippen LogP contribution < -0.4 is 16.2 Å². The summed E-state index contributed by atoms with van der Waals surface area (Å²) in [6.07, 6.45) is 9.89. The Hall–Kier alpha value is -3.29. The van der Waals surface area contributed by atoms with E-state index in [9.17, 15) is 0 Å². The second-order valence-corrected chi connectivity index (χ2v) is 6.88. The minimum absolute atomic E-state index is 0.0154. The third kappa shape index (κ3) is 3.71. The Morgan fingerprint density at radius 3 is 2.43 bits per heavy atom. The van der Waals surface area contributed by atoms with E-state index in [4.69, 9.17) is 16.2 Å². The average Bonchev–Trinajstić information content (AvgIpc) is 2.71. The van der Waals surface area contributed by atoms with Gasteiger partial charge in [-0.05, 0) is 24.8 Å². The molecule has 4 N–H and O–H groups in total. The van der Waals surface area contributed by atoms with E-state index in [0.717, 1.165) is 31.2 Å². The van der Waals surface area contributed by atoms with Crippen LogP contribution in [0.3, 0.4) is 0 Å². The zero-order valence-electron chi connectivity index (χ0n) is 15.3. The van der Waals surface area contributed by atoms with Crippen LogP contribution in [0.25, 0.3) is 11.1 Å². The molecule has 0 spiro atoms. The van der Waals surface area contributed by atoms with Crippen LogP contribution in [0.5, 0.6) is 11.8 Å². The van der Waals surface area contributed by atoms with Crippen molar-refractivity contribution in [3.63, 3.8) is 0 Å². The predicted octanol–water partition coefficient (Wildman–Crippen LogP) is 4.08. The van der Waals surface area contributed by atoms with E-state index < -0.39 is 5.82 Å². The number of rotatable bonds is 4. The van der Waals surface area contributed by atoms with Gasteiger partial charge in [-0.2, -0.15) is 4.98 Å². The number of hydrogen-bond donors (Lipinski definition) is 2. The number of benzene rings is 1. The lowest BCUT2D eigenvalue weighted by molar-refractivity contribution is 0.385. The van der Waals surface area contributed by atoms with E-state index in [0.29, 0.717) is 11.1 Å². The van der Waals surface area contributed by atoms with Crippen molar-refractivity contribution in [2.24, 2.45) is 0 Å². The first-order valence-corrected chi connectivity index (χ1v) is 9.28. The third-order valence-electron chi connectivity index (χ3n) is 5.00. The first-order valence-electron chi connectivity index (χ1n) is 9.28. The molecule has 0 unspecified atom stereocenters. The van der Waals surface area contributed by atoms with Gasteiger partial charge in [-0.1, -0.05) is 31.4 Å². The van der Waals surface area contributed by atoms with Crippen LogP contribution in [0.1, 0.15) is 43.6 Å². The molecule has 0 amide bonds. The molecule has 0 aliphatic heterocycles. The van der Waals surface area contributed by atoms with Gasteiger partial charge in [-0.15, -0.1) is 0 Å². The lowest BCUT2D eigenvalue weighted by atomic mass is 9.83. The van der Waals surface area contributed by atoms with E-state index in [2.05, 4.69) is 19.9 Å². The highest BCUT2D eigenvalue weighted by Gasteiger charge is 2.25. The largest absolute Gasteiger partial charge is 0.421 e. The van der Waals surface area contributed by atoms with Crippen LogP contribution in [0, 0.1) is 5.82 Å². The summed E-state index contributed by atoms with van der Waals surface area (Å²) < 4.78 is 21.4. The Morgan fingerprint density at radius 2 is 1.71 bits per heavy atom. The summed E-state index contributed by atoms with van der Waals surface area (Å²) in [6, 6.07) is 5.21. The van der Waals surface area contributed by atoms with Crippen LogP contribution in [0.4, 0.5) is 16.2 Å². The highest BCUT2D eigenvalue weighted by Crippen LogP contribution is 2.42. The van der Waals surface area contributed by atoms with Gasteiger partial charge < -0.3 is 16.2 Å². The van der Waals surface area contributed by atoms with Gasteiger partial charge in [-0.25, -0.2) is 19.3 Å². The van der Waals surface area contributed by atoms with Crippen molar-refractivity contribution in [2.75, 3.05) is 11.5 Å². The summed E-state index contributed by atoms with van der Waals surface area (Å²) in [5.74, 6) is 0.255. The van der Waals surface area contributed by atoms with Crippen LogP contribution in [0.2, 0.25) is 0 Å². The minimum atomic E-state index is -0.498. The third-order valence-corrected chi connectivity index (χ3v) is 5.00. The standard InChI is InChI=1S/C20H21FN6O/c21-17-14(13-10-25-19(23)26-11-13)6-7-15(12-4-2-1-3-5-12)18(17)28-20-24-9-8-16(22)27-20/h6-12H,1-5H2,(H2,22,24,27)(H2,23,25,26). The normalized spacial score (nSPS) is 14.8. The van der Waals surface area contributed by atoms with Gasteiger partial charge in [0.2, 0.25) is 5.95 Å². The summed E-state index contributed by atoms with van der Waals surface area (Å²) in [5, 5.41) is 0. The fourth-order valence-corrected chi connectivity index (χ4v) is 3.60. The van der Waals surface area contributed by atoms with E-state index in [-0.39, 0.29) is 29.4 Å². The molecule has 0 atom stereocenters. The van der Waals surface area contributed by atoms with Gasteiger partial charge >= 0.3 is 6.01 Å². The molecular formula is C20H21FN6O. The molecule has 8 heteroatoms. The van der Waals surface area contributed by atoms with Crippen molar-refractivity contribution in [2.45, 2.75) is 38.0 Å². The average molecular weight is 380 g/mol. The lowest BCUT2D eigenvalue weighted by Gasteiger charge is -2.24. The molecular weight excluding hydrogens is 359 g/mol. The van der Waals surface area contributed by atoms with Crippen molar-refractivity contribution >= 4 is 11.8 Å². The summed E-state index contributed by atoms with van der Waals surface area (Å²) in [7, 11) is 0. The number of nitrogens with two attached hydrogens (primary N) is 2. The Morgan fingerprint density at radius 1 is 0.964 bits per heavy atom. The van der Waals surface area contributed by atoms with Gasteiger partial charge in [-0.3, -0.25) is 0 Å².